The molecule has 4 nitrogen and oxygen atoms in total. The Balaban J connectivity index is 2.32. The lowest BCUT2D eigenvalue weighted by atomic mass is 10.1. The second-order valence-electron chi connectivity index (χ2n) is 5.18. The molecule has 0 spiro atoms. The number of halogens is 1. The highest BCUT2D eigenvalue weighted by Crippen LogP contribution is 2.24. The molecule has 2 N–H and O–H groups in total. The van der Waals surface area contributed by atoms with Crippen molar-refractivity contribution in [2.45, 2.75) is 32.4 Å². The van der Waals surface area contributed by atoms with Crippen LogP contribution in [0.2, 0.25) is 0 Å². The minimum Gasteiger partial charge on any atom is -0.350 e. The first-order valence-corrected chi connectivity index (χ1v) is 6.96. The van der Waals surface area contributed by atoms with Gasteiger partial charge in [-0.1, -0.05) is 6.92 Å². The number of rotatable bonds is 3. The molecule has 19 heavy (non-hydrogen) atoms. The summed E-state index contributed by atoms with van der Waals surface area (Å²) in [4.78, 5) is 8.67. The Morgan fingerprint density at radius 2 is 2.26 bits per heavy atom. The molecule has 1 saturated heterocycles. The first-order valence-electron chi connectivity index (χ1n) is 6.96. The van der Waals surface area contributed by atoms with E-state index in [4.69, 9.17) is 5.73 Å². The third-order valence-electron chi connectivity index (χ3n) is 3.82. The van der Waals surface area contributed by atoms with E-state index in [1.165, 1.54) is 0 Å². The van der Waals surface area contributed by atoms with Crippen molar-refractivity contribution in [2.75, 3.05) is 31.6 Å². The van der Waals surface area contributed by atoms with Gasteiger partial charge in [0, 0.05) is 37.4 Å². The van der Waals surface area contributed by atoms with Crippen molar-refractivity contribution in [1.29, 1.82) is 0 Å². The zero-order chi connectivity index (χ0) is 13.8. The van der Waals surface area contributed by atoms with E-state index in [2.05, 4.69) is 28.8 Å². The lowest BCUT2D eigenvalue weighted by Gasteiger charge is -2.31. The van der Waals surface area contributed by atoms with E-state index >= 15 is 0 Å². The molecule has 1 aromatic heterocycles. The van der Waals surface area contributed by atoms with E-state index in [0.717, 1.165) is 32.5 Å². The van der Waals surface area contributed by atoms with Crippen LogP contribution in [0, 0.1) is 5.82 Å². The van der Waals surface area contributed by atoms with Gasteiger partial charge in [0.2, 0.25) is 0 Å². The minimum atomic E-state index is -0.256. The van der Waals surface area contributed by atoms with Gasteiger partial charge in [-0.2, -0.15) is 0 Å². The van der Waals surface area contributed by atoms with Crippen LogP contribution in [0.25, 0.3) is 0 Å². The molecule has 0 aromatic carbocycles. The van der Waals surface area contributed by atoms with Crippen LogP contribution in [0.4, 0.5) is 10.2 Å². The van der Waals surface area contributed by atoms with Gasteiger partial charge in [0.15, 0.2) is 11.6 Å². The molecule has 0 amide bonds. The Morgan fingerprint density at radius 3 is 2.95 bits per heavy atom. The van der Waals surface area contributed by atoms with Gasteiger partial charge in [-0.25, -0.2) is 9.37 Å². The molecule has 0 saturated carbocycles. The van der Waals surface area contributed by atoms with E-state index in [0.29, 0.717) is 17.4 Å². The van der Waals surface area contributed by atoms with Gasteiger partial charge in [-0.3, -0.25) is 0 Å². The SMILES string of the molecule is CCC1CN(C)CCCN1c1nccc(CN)c1F. The zero-order valence-corrected chi connectivity index (χ0v) is 11.8. The van der Waals surface area contributed by atoms with Crippen LogP contribution >= 0.6 is 0 Å². The summed E-state index contributed by atoms with van der Waals surface area (Å²) >= 11 is 0. The van der Waals surface area contributed by atoms with E-state index in [1.54, 1.807) is 12.3 Å². The number of nitrogens with zero attached hydrogens (tertiary/aromatic N) is 3. The number of nitrogens with two attached hydrogens (primary N) is 1. The summed E-state index contributed by atoms with van der Waals surface area (Å²) in [5.41, 5.74) is 6.11. The first kappa shape index (κ1) is 14.2. The number of hydrogen-bond acceptors (Lipinski definition) is 4. The molecule has 1 aromatic rings. The van der Waals surface area contributed by atoms with E-state index in [1.807, 2.05) is 0 Å². The standard InChI is InChI=1S/C14H23FN4/c1-3-12-10-18(2)7-4-8-19(12)14-13(15)11(9-16)5-6-17-14/h5-6,12H,3-4,7-10,16H2,1-2H3. The highest BCUT2D eigenvalue weighted by Gasteiger charge is 2.25. The van der Waals surface area contributed by atoms with Gasteiger partial charge in [0.25, 0.3) is 0 Å². The van der Waals surface area contributed by atoms with Gasteiger partial charge in [-0.15, -0.1) is 0 Å². The van der Waals surface area contributed by atoms with Crippen molar-refractivity contribution >= 4 is 5.82 Å². The van der Waals surface area contributed by atoms with Crippen molar-refractivity contribution in [1.82, 2.24) is 9.88 Å². The van der Waals surface area contributed by atoms with Crippen LogP contribution in [-0.2, 0) is 6.54 Å². The molecule has 0 radical (unpaired) electrons. The second kappa shape index (κ2) is 6.30. The Labute approximate surface area is 114 Å². The van der Waals surface area contributed by atoms with Crippen LogP contribution in [0.5, 0.6) is 0 Å². The molecule has 1 aliphatic heterocycles. The number of hydrogen-bond donors (Lipinski definition) is 1. The van der Waals surface area contributed by atoms with Gasteiger partial charge < -0.3 is 15.5 Å². The fourth-order valence-electron chi connectivity index (χ4n) is 2.70. The van der Waals surface area contributed by atoms with Crippen LogP contribution in [0.3, 0.4) is 0 Å². The molecule has 106 valence electrons. The van der Waals surface area contributed by atoms with Crippen molar-refractivity contribution in [3.63, 3.8) is 0 Å². The summed E-state index contributed by atoms with van der Waals surface area (Å²) < 4.78 is 14.4. The van der Waals surface area contributed by atoms with Crippen molar-refractivity contribution in [2.24, 2.45) is 5.73 Å². The third kappa shape index (κ3) is 3.04. The summed E-state index contributed by atoms with van der Waals surface area (Å²) in [5.74, 6) is 0.207. The summed E-state index contributed by atoms with van der Waals surface area (Å²) in [6, 6.07) is 1.96. The lowest BCUT2D eigenvalue weighted by molar-refractivity contribution is 0.327. The van der Waals surface area contributed by atoms with E-state index in [9.17, 15) is 4.39 Å². The fourth-order valence-corrected chi connectivity index (χ4v) is 2.70. The van der Waals surface area contributed by atoms with E-state index < -0.39 is 0 Å². The van der Waals surface area contributed by atoms with Crippen LogP contribution in [-0.4, -0.2) is 42.6 Å². The average Bonchev–Trinajstić information content (AvgIpc) is 2.60. The van der Waals surface area contributed by atoms with Gasteiger partial charge in [-0.05, 0) is 32.5 Å². The number of aromatic nitrogens is 1. The maximum atomic E-state index is 14.4. The van der Waals surface area contributed by atoms with Crippen LogP contribution in [0.15, 0.2) is 12.3 Å². The molecule has 5 heteroatoms. The number of anilines is 1. The summed E-state index contributed by atoms with van der Waals surface area (Å²) in [5, 5.41) is 0. The predicted octanol–water partition coefficient (Wildman–Crippen LogP) is 1.60. The van der Waals surface area contributed by atoms with Crippen LogP contribution < -0.4 is 10.6 Å². The molecule has 1 unspecified atom stereocenters. The molecule has 1 fully saturated rings. The highest BCUT2D eigenvalue weighted by atomic mass is 19.1. The topological polar surface area (TPSA) is 45.4 Å². The Hall–Kier alpha value is -1.20. The Morgan fingerprint density at radius 1 is 1.47 bits per heavy atom. The second-order valence-corrected chi connectivity index (χ2v) is 5.18. The molecule has 2 heterocycles. The van der Waals surface area contributed by atoms with E-state index in [-0.39, 0.29) is 12.4 Å². The fraction of sp³-hybridized carbons (Fsp3) is 0.643. The molecule has 0 aliphatic carbocycles. The number of pyridine rings is 1. The largest absolute Gasteiger partial charge is 0.350 e. The number of likely N-dealkylation sites (N-methyl/N-ethyl adjacent to an activating group) is 1. The van der Waals surface area contributed by atoms with Gasteiger partial charge in [0.05, 0.1) is 0 Å². The molecular weight excluding hydrogens is 243 g/mol. The molecule has 1 atom stereocenters. The molecular formula is C14H23FN4. The summed E-state index contributed by atoms with van der Waals surface area (Å²) in [7, 11) is 2.12. The Kier molecular flexibility index (Phi) is 4.71. The smallest absolute Gasteiger partial charge is 0.170 e. The summed E-state index contributed by atoms with van der Waals surface area (Å²) in [6.45, 7) is 5.20. The summed E-state index contributed by atoms with van der Waals surface area (Å²) in [6.07, 6.45) is 3.67. The maximum Gasteiger partial charge on any atom is 0.170 e. The zero-order valence-electron chi connectivity index (χ0n) is 11.8. The normalized spacial score (nSPS) is 21.5. The Bertz CT molecular complexity index is 424. The van der Waals surface area contributed by atoms with Gasteiger partial charge >= 0.3 is 0 Å². The average molecular weight is 266 g/mol. The molecule has 1 aliphatic rings. The van der Waals surface area contributed by atoms with Crippen molar-refractivity contribution in [3.05, 3.63) is 23.6 Å². The predicted molar refractivity (Wildman–Crippen MR) is 75.6 cm³/mol. The lowest BCUT2D eigenvalue weighted by Crippen LogP contribution is -2.40. The van der Waals surface area contributed by atoms with Crippen molar-refractivity contribution in [3.8, 4) is 0 Å². The first-order chi connectivity index (χ1) is 9.17. The third-order valence-corrected chi connectivity index (χ3v) is 3.82. The maximum absolute atomic E-state index is 14.4. The van der Waals surface area contributed by atoms with Gasteiger partial charge in [0.1, 0.15) is 0 Å². The van der Waals surface area contributed by atoms with Crippen LogP contribution in [0.1, 0.15) is 25.3 Å². The van der Waals surface area contributed by atoms with Crippen molar-refractivity contribution < 1.29 is 4.39 Å². The molecule has 2 rings (SSSR count). The monoisotopic (exact) mass is 266 g/mol. The highest BCUT2D eigenvalue weighted by molar-refractivity contribution is 5.44. The molecule has 0 bridgehead atoms. The quantitative estimate of drug-likeness (QED) is 0.902. The minimum absolute atomic E-state index is 0.214.